The highest BCUT2D eigenvalue weighted by Crippen LogP contribution is 2.31. The molecule has 0 radical (unpaired) electrons. The minimum absolute atomic E-state index is 0.136. The van der Waals surface area contributed by atoms with Gasteiger partial charge >= 0.3 is 6.18 Å². The summed E-state index contributed by atoms with van der Waals surface area (Å²) in [6, 6.07) is 17.3. The molecule has 5 rings (SSSR count). The molecule has 1 aliphatic carbocycles. The Kier molecular flexibility index (Phi) is 8.69. The third kappa shape index (κ3) is 6.81. The van der Waals surface area contributed by atoms with E-state index in [9.17, 15) is 18.0 Å². The molecule has 0 spiro atoms. The van der Waals surface area contributed by atoms with Gasteiger partial charge in [-0.2, -0.15) is 13.2 Å². The Hall–Kier alpha value is -3.46. The number of furan rings is 1. The zero-order chi connectivity index (χ0) is 28.1. The predicted octanol–water partition coefficient (Wildman–Crippen LogP) is 6.60. The van der Waals surface area contributed by atoms with Crippen LogP contribution in [0.5, 0.6) is 5.75 Å². The third-order valence-electron chi connectivity index (χ3n) is 7.97. The van der Waals surface area contributed by atoms with Crippen molar-refractivity contribution >= 4 is 11.6 Å². The molecule has 1 saturated heterocycles. The molecule has 1 aromatic heterocycles. The van der Waals surface area contributed by atoms with Gasteiger partial charge in [0.1, 0.15) is 11.5 Å². The first kappa shape index (κ1) is 28.1. The first-order chi connectivity index (χ1) is 19.3. The fourth-order valence-electron chi connectivity index (χ4n) is 5.74. The third-order valence-corrected chi connectivity index (χ3v) is 7.97. The van der Waals surface area contributed by atoms with Crippen LogP contribution in [0.3, 0.4) is 0 Å². The molecule has 9 heteroatoms. The number of benzene rings is 2. The van der Waals surface area contributed by atoms with E-state index in [0.717, 1.165) is 56.3 Å². The van der Waals surface area contributed by atoms with E-state index >= 15 is 0 Å². The van der Waals surface area contributed by atoms with Crippen molar-refractivity contribution in [3.63, 3.8) is 0 Å². The summed E-state index contributed by atoms with van der Waals surface area (Å²) >= 11 is 0. The van der Waals surface area contributed by atoms with Crippen molar-refractivity contribution in [2.75, 3.05) is 38.2 Å². The van der Waals surface area contributed by atoms with Gasteiger partial charge in [-0.25, -0.2) is 0 Å². The van der Waals surface area contributed by atoms with Gasteiger partial charge in [0.2, 0.25) is 0 Å². The molecular formula is C31H36F3N3O3. The van der Waals surface area contributed by atoms with E-state index in [0.29, 0.717) is 43.3 Å². The quantitative estimate of drug-likeness (QED) is 0.313. The molecule has 2 aromatic carbocycles. The summed E-state index contributed by atoms with van der Waals surface area (Å²) < 4.78 is 51.2. The molecule has 2 aliphatic rings. The summed E-state index contributed by atoms with van der Waals surface area (Å²) in [4.78, 5) is 19.5. The lowest BCUT2D eigenvalue weighted by molar-refractivity contribution is -0.137. The molecule has 2 heterocycles. The molecule has 0 bridgehead atoms. The number of carbonyl (C=O) groups excluding carboxylic acids is 1. The summed E-state index contributed by atoms with van der Waals surface area (Å²) in [6.45, 7) is 3.46. The molecule has 0 unspecified atom stereocenters. The number of piperazine rings is 1. The fraction of sp³-hybridized carbons (Fsp3) is 0.452. The van der Waals surface area contributed by atoms with Gasteiger partial charge in [0, 0.05) is 44.5 Å². The molecule has 214 valence electrons. The van der Waals surface area contributed by atoms with Crippen LogP contribution in [0.2, 0.25) is 0 Å². The Morgan fingerprint density at radius 3 is 2.35 bits per heavy atom. The number of methoxy groups -OCH3 is 1. The standard InChI is InChI=1S/C31H36F3N3O3/c1-39-27-12-10-26(11-13-27)35-16-18-36(19-17-35)30(38)29-15-14-28(40-29)22-37(25-8-3-2-4-9-25)21-23-6-5-7-24(20-23)31(32,33)34/h5-7,10-15,20,25H,2-4,8-9,16-19,21-22H2,1H3. The van der Waals surface area contributed by atoms with Gasteiger partial charge in [0.15, 0.2) is 5.76 Å². The molecule has 6 nitrogen and oxygen atoms in total. The highest BCUT2D eigenvalue weighted by molar-refractivity contribution is 5.91. The van der Waals surface area contributed by atoms with E-state index in [1.54, 1.807) is 19.2 Å². The Bertz CT molecular complexity index is 1260. The maximum Gasteiger partial charge on any atom is 0.416 e. The van der Waals surface area contributed by atoms with Crippen molar-refractivity contribution in [3.05, 3.63) is 83.3 Å². The monoisotopic (exact) mass is 555 g/mol. The molecule has 1 amide bonds. The van der Waals surface area contributed by atoms with Gasteiger partial charge < -0.3 is 19.0 Å². The zero-order valence-electron chi connectivity index (χ0n) is 22.8. The number of alkyl halides is 3. The molecule has 1 saturated carbocycles. The van der Waals surface area contributed by atoms with Crippen molar-refractivity contribution in [2.45, 2.75) is 57.4 Å². The number of anilines is 1. The van der Waals surface area contributed by atoms with E-state index < -0.39 is 11.7 Å². The second-order valence-corrected chi connectivity index (χ2v) is 10.6. The van der Waals surface area contributed by atoms with Crippen molar-refractivity contribution < 1.29 is 27.1 Å². The number of rotatable bonds is 8. The number of nitrogens with zero attached hydrogens (tertiary/aromatic N) is 3. The van der Waals surface area contributed by atoms with E-state index in [4.69, 9.17) is 9.15 Å². The van der Waals surface area contributed by atoms with E-state index in [1.807, 2.05) is 35.2 Å². The Morgan fingerprint density at radius 1 is 0.950 bits per heavy atom. The summed E-state index contributed by atoms with van der Waals surface area (Å²) in [5, 5.41) is 0. The van der Waals surface area contributed by atoms with Crippen molar-refractivity contribution in [2.24, 2.45) is 0 Å². The molecule has 2 fully saturated rings. The molecule has 0 atom stereocenters. The van der Waals surface area contributed by atoms with Crippen LogP contribution < -0.4 is 9.64 Å². The van der Waals surface area contributed by atoms with Crippen LogP contribution in [0.4, 0.5) is 18.9 Å². The van der Waals surface area contributed by atoms with Crippen LogP contribution in [-0.2, 0) is 19.3 Å². The maximum absolute atomic E-state index is 13.3. The van der Waals surface area contributed by atoms with E-state index in [1.165, 1.54) is 18.6 Å². The van der Waals surface area contributed by atoms with Crippen molar-refractivity contribution in [3.8, 4) is 5.75 Å². The molecule has 0 N–H and O–H groups in total. The SMILES string of the molecule is COc1ccc(N2CCN(C(=O)c3ccc(CN(Cc4cccc(C(F)(F)F)c4)C4CCCCC4)o3)CC2)cc1. The van der Waals surface area contributed by atoms with E-state index in [-0.39, 0.29) is 11.9 Å². The summed E-state index contributed by atoms with van der Waals surface area (Å²) in [5.41, 5.74) is 1.08. The zero-order valence-corrected chi connectivity index (χ0v) is 22.8. The topological polar surface area (TPSA) is 49.2 Å². The summed E-state index contributed by atoms with van der Waals surface area (Å²) in [7, 11) is 1.64. The van der Waals surface area contributed by atoms with Gasteiger partial charge in [-0.1, -0.05) is 37.5 Å². The average Bonchev–Trinajstić information content (AvgIpc) is 3.45. The van der Waals surface area contributed by atoms with Crippen molar-refractivity contribution in [1.29, 1.82) is 0 Å². The average molecular weight is 556 g/mol. The first-order valence-electron chi connectivity index (χ1n) is 14.0. The normalized spacial score (nSPS) is 16.9. The largest absolute Gasteiger partial charge is 0.497 e. The Balaban J connectivity index is 1.23. The number of halogens is 3. The van der Waals surface area contributed by atoms with Crippen molar-refractivity contribution in [1.82, 2.24) is 9.80 Å². The highest BCUT2D eigenvalue weighted by Gasteiger charge is 2.31. The fourth-order valence-corrected chi connectivity index (χ4v) is 5.74. The summed E-state index contributed by atoms with van der Waals surface area (Å²) in [5.74, 6) is 1.62. The van der Waals surface area contributed by atoms with E-state index in [2.05, 4.69) is 9.80 Å². The number of carbonyl (C=O) groups is 1. The maximum atomic E-state index is 13.3. The van der Waals surface area contributed by atoms with Crippen LogP contribution >= 0.6 is 0 Å². The molecule has 3 aromatic rings. The molecule has 40 heavy (non-hydrogen) atoms. The number of ether oxygens (including phenoxy) is 1. The lowest BCUT2D eigenvalue weighted by Crippen LogP contribution is -2.48. The first-order valence-corrected chi connectivity index (χ1v) is 14.0. The summed E-state index contributed by atoms with van der Waals surface area (Å²) in [6.07, 6.45) is 1.03. The Morgan fingerprint density at radius 2 is 1.68 bits per heavy atom. The van der Waals surface area contributed by atoms with Crippen LogP contribution in [-0.4, -0.2) is 55.0 Å². The predicted molar refractivity (Wildman–Crippen MR) is 147 cm³/mol. The number of amides is 1. The molecule has 1 aliphatic heterocycles. The van der Waals surface area contributed by atoms with Gasteiger partial charge in [0.25, 0.3) is 5.91 Å². The van der Waals surface area contributed by atoms with Crippen LogP contribution in [0.15, 0.2) is 65.1 Å². The van der Waals surface area contributed by atoms with Gasteiger partial charge in [-0.3, -0.25) is 9.69 Å². The Labute approximate surface area is 233 Å². The molecular weight excluding hydrogens is 519 g/mol. The van der Waals surface area contributed by atoms with Crippen LogP contribution in [0.25, 0.3) is 0 Å². The highest BCUT2D eigenvalue weighted by atomic mass is 19.4. The lowest BCUT2D eigenvalue weighted by Gasteiger charge is -2.35. The minimum atomic E-state index is -4.37. The van der Waals surface area contributed by atoms with Gasteiger partial charge in [0.05, 0.1) is 19.2 Å². The van der Waals surface area contributed by atoms with Crippen LogP contribution in [0.1, 0.15) is 59.5 Å². The van der Waals surface area contributed by atoms with Crippen LogP contribution in [0, 0.1) is 0 Å². The van der Waals surface area contributed by atoms with Gasteiger partial charge in [-0.15, -0.1) is 0 Å². The second kappa shape index (κ2) is 12.4. The number of hydrogen-bond acceptors (Lipinski definition) is 5. The van der Waals surface area contributed by atoms with Gasteiger partial charge in [-0.05, 0) is 60.9 Å². The lowest BCUT2D eigenvalue weighted by atomic mass is 9.93. The smallest absolute Gasteiger partial charge is 0.416 e. The minimum Gasteiger partial charge on any atom is -0.497 e. The number of hydrogen-bond donors (Lipinski definition) is 0. The second-order valence-electron chi connectivity index (χ2n) is 10.6.